The highest BCUT2D eigenvalue weighted by Crippen LogP contribution is 2.61. The zero-order chi connectivity index (χ0) is 16.1. The summed E-state index contributed by atoms with van der Waals surface area (Å²) < 4.78 is 155. The first-order chi connectivity index (χ1) is 7.94. The summed E-state index contributed by atoms with van der Waals surface area (Å²) in [6.07, 6.45) is -20.0. The number of hydrogen-bond donors (Lipinski definition) is 0. The van der Waals surface area contributed by atoms with Crippen molar-refractivity contribution in [1.29, 1.82) is 0 Å². The Balaban J connectivity index is 6.22. The maximum atomic E-state index is 12.6. The maximum Gasteiger partial charge on any atom is 0.438 e. The molecule has 0 heterocycles. The van der Waals surface area contributed by atoms with Gasteiger partial charge in [0.25, 0.3) is 0 Å². The van der Waals surface area contributed by atoms with Crippen LogP contribution in [-0.2, 0) is 0 Å². The van der Waals surface area contributed by atoms with Gasteiger partial charge in [-0.05, 0) is 0 Å². The molecule has 115 valence electrons. The second-order valence-corrected chi connectivity index (χ2v) is 3.06. The van der Waals surface area contributed by atoms with E-state index in [-0.39, 0.29) is 0 Å². The highest BCUT2D eigenvalue weighted by molar-refractivity contribution is 5.14. The Hall–Kier alpha value is -0.910. The van der Waals surface area contributed by atoms with Crippen LogP contribution in [0.3, 0.4) is 0 Å². The number of hydrogen-bond acceptors (Lipinski definition) is 0. The van der Waals surface area contributed by atoms with Gasteiger partial charge in [-0.1, -0.05) is 0 Å². The largest absolute Gasteiger partial charge is 0.438 e. The number of halogens is 13. The van der Waals surface area contributed by atoms with Gasteiger partial charge in [0.15, 0.2) is 0 Å². The third-order valence-corrected chi connectivity index (χ3v) is 1.85. The van der Waals surface area contributed by atoms with Gasteiger partial charge in [-0.25, -0.2) is 4.39 Å². The lowest BCUT2D eigenvalue weighted by Gasteiger charge is -2.38. The monoisotopic (exact) mass is 319 g/mol. The van der Waals surface area contributed by atoms with Gasteiger partial charge >= 0.3 is 36.3 Å². The van der Waals surface area contributed by atoms with Crippen molar-refractivity contribution < 1.29 is 57.1 Å². The molecule has 0 aliphatic rings. The molecular formula is C6F13. The van der Waals surface area contributed by atoms with E-state index in [1.807, 2.05) is 0 Å². The number of rotatable bonds is 3. The quantitative estimate of drug-likeness (QED) is 0.671. The van der Waals surface area contributed by atoms with E-state index in [4.69, 9.17) is 0 Å². The van der Waals surface area contributed by atoms with E-state index in [1.54, 1.807) is 0 Å². The molecule has 0 bridgehead atoms. The Labute approximate surface area is 94.7 Å². The Morgan fingerprint density at radius 1 is 0.526 bits per heavy atom. The van der Waals surface area contributed by atoms with E-state index in [2.05, 4.69) is 0 Å². The normalized spacial score (nSPS) is 16.1. The summed E-state index contributed by atoms with van der Waals surface area (Å²) in [5.74, 6) is -15.1. The van der Waals surface area contributed by atoms with Gasteiger partial charge in [-0.3, -0.25) is 0 Å². The van der Waals surface area contributed by atoms with Crippen molar-refractivity contribution in [2.45, 2.75) is 29.9 Å². The van der Waals surface area contributed by atoms with Crippen molar-refractivity contribution in [1.82, 2.24) is 0 Å². The van der Waals surface area contributed by atoms with E-state index >= 15 is 0 Å². The van der Waals surface area contributed by atoms with Crippen LogP contribution in [0.25, 0.3) is 0 Å². The molecule has 0 N–H and O–H groups in total. The summed E-state index contributed by atoms with van der Waals surface area (Å²) in [5.41, 5.74) is -7.85. The molecule has 0 saturated heterocycles. The zero-order valence-electron chi connectivity index (χ0n) is 7.91. The van der Waals surface area contributed by atoms with Crippen LogP contribution in [0.15, 0.2) is 0 Å². The molecule has 0 spiro atoms. The smallest absolute Gasteiger partial charge is 0.216 e. The van der Waals surface area contributed by atoms with E-state index in [9.17, 15) is 57.1 Å². The Kier molecular flexibility index (Phi) is 4.09. The Morgan fingerprint density at radius 2 is 0.789 bits per heavy atom. The SMILES string of the molecule is F[C](F)C(F)(F)C(F)(F)C(F)(C(F)(F)F)C(F)(F)F. The summed E-state index contributed by atoms with van der Waals surface area (Å²) in [5, 5.41) is 0. The highest BCUT2D eigenvalue weighted by Gasteiger charge is 2.91. The summed E-state index contributed by atoms with van der Waals surface area (Å²) >= 11 is 0. The minimum absolute atomic E-state index is 4.80. The van der Waals surface area contributed by atoms with Gasteiger partial charge in [0, 0.05) is 0 Å². The lowest BCUT2D eigenvalue weighted by Crippen LogP contribution is -2.70. The van der Waals surface area contributed by atoms with Gasteiger partial charge < -0.3 is 0 Å². The fraction of sp³-hybridized carbons (Fsp3) is 0.833. The molecule has 0 aromatic rings. The van der Waals surface area contributed by atoms with Crippen molar-refractivity contribution in [3.63, 3.8) is 0 Å². The van der Waals surface area contributed by atoms with Gasteiger partial charge in [0.2, 0.25) is 0 Å². The molecule has 19 heavy (non-hydrogen) atoms. The minimum atomic E-state index is -7.85. The van der Waals surface area contributed by atoms with E-state index < -0.39 is 36.3 Å². The maximum absolute atomic E-state index is 12.6. The standard InChI is InChI=1S/C6F13/c7-1(8)2(9,10)4(12,13)3(11,5(14,15)16)6(17,18)19. The molecule has 0 fully saturated rings. The predicted octanol–water partition coefficient (Wildman–Crippen LogP) is 4.52. The first-order valence-electron chi connectivity index (χ1n) is 3.71. The molecule has 1 radical (unpaired) electrons. The van der Waals surface area contributed by atoms with Crippen molar-refractivity contribution in [2.75, 3.05) is 0 Å². The summed E-state index contributed by atoms with van der Waals surface area (Å²) in [7, 11) is 0. The average molecular weight is 319 g/mol. The average Bonchev–Trinajstić information content (AvgIpc) is 2.11. The van der Waals surface area contributed by atoms with E-state index in [0.717, 1.165) is 0 Å². The second kappa shape index (κ2) is 4.30. The van der Waals surface area contributed by atoms with Crippen LogP contribution in [0.4, 0.5) is 57.1 Å². The van der Waals surface area contributed by atoms with Crippen LogP contribution in [0, 0.1) is 6.43 Å². The van der Waals surface area contributed by atoms with Crippen LogP contribution >= 0.6 is 0 Å². The minimum Gasteiger partial charge on any atom is -0.216 e. The molecule has 0 saturated carbocycles. The highest BCUT2D eigenvalue weighted by atomic mass is 19.4. The fourth-order valence-electron chi connectivity index (χ4n) is 0.852. The molecule has 0 nitrogen and oxygen atoms in total. The third-order valence-electron chi connectivity index (χ3n) is 1.85. The topological polar surface area (TPSA) is 0 Å². The first-order valence-corrected chi connectivity index (χ1v) is 3.71. The molecule has 0 amide bonds. The molecule has 0 aliphatic heterocycles. The van der Waals surface area contributed by atoms with Crippen molar-refractivity contribution in [3.8, 4) is 0 Å². The third kappa shape index (κ3) is 2.30. The summed E-state index contributed by atoms with van der Waals surface area (Å²) in [4.78, 5) is 0. The van der Waals surface area contributed by atoms with Crippen LogP contribution < -0.4 is 0 Å². The lowest BCUT2D eigenvalue weighted by atomic mass is 9.91. The van der Waals surface area contributed by atoms with Gasteiger partial charge in [-0.15, -0.1) is 0 Å². The summed E-state index contributed by atoms with van der Waals surface area (Å²) in [6, 6.07) is 0. The fourth-order valence-corrected chi connectivity index (χ4v) is 0.852. The van der Waals surface area contributed by atoms with Crippen molar-refractivity contribution >= 4 is 0 Å². The van der Waals surface area contributed by atoms with Crippen LogP contribution in [-0.4, -0.2) is 29.9 Å². The van der Waals surface area contributed by atoms with E-state index in [1.165, 1.54) is 0 Å². The lowest BCUT2D eigenvalue weighted by molar-refractivity contribution is -0.428. The molecule has 0 aromatic carbocycles. The molecule has 0 rings (SSSR count). The predicted molar refractivity (Wildman–Crippen MR) is 31.3 cm³/mol. The first kappa shape index (κ1) is 18.1. The molecule has 0 aliphatic carbocycles. The Bertz CT molecular complexity index is 305. The number of alkyl halides is 11. The van der Waals surface area contributed by atoms with Crippen LogP contribution in [0.2, 0.25) is 0 Å². The molecule has 0 unspecified atom stereocenters. The molecule has 0 aromatic heterocycles. The summed E-state index contributed by atoms with van der Waals surface area (Å²) in [6.45, 7) is 0. The van der Waals surface area contributed by atoms with Crippen LogP contribution in [0.1, 0.15) is 0 Å². The van der Waals surface area contributed by atoms with Gasteiger partial charge in [0.05, 0.1) is 0 Å². The zero-order valence-corrected chi connectivity index (χ0v) is 7.91. The second-order valence-electron chi connectivity index (χ2n) is 3.06. The Morgan fingerprint density at radius 3 is 0.947 bits per heavy atom. The van der Waals surface area contributed by atoms with Crippen molar-refractivity contribution in [3.05, 3.63) is 6.43 Å². The van der Waals surface area contributed by atoms with E-state index in [0.29, 0.717) is 0 Å². The molecule has 13 heteroatoms. The van der Waals surface area contributed by atoms with Gasteiger partial charge in [0.1, 0.15) is 0 Å². The van der Waals surface area contributed by atoms with Gasteiger partial charge in [-0.2, -0.15) is 52.7 Å². The van der Waals surface area contributed by atoms with Crippen molar-refractivity contribution in [2.24, 2.45) is 0 Å². The molecular weight excluding hydrogens is 319 g/mol. The van der Waals surface area contributed by atoms with Crippen LogP contribution in [0.5, 0.6) is 0 Å². The molecule has 0 atom stereocenters.